The van der Waals surface area contributed by atoms with Crippen molar-refractivity contribution >= 4 is 51.8 Å². The Hall–Kier alpha value is -0.755. The summed E-state index contributed by atoms with van der Waals surface area (Å²) in [4.78, 5) is 15.0. The highest BCUT2D eigenvalue weighted by atomic mass is 127. The zero-order valence-corrected chi connectivity index (χ0v) is 13.7. The third-order valence-corrected chi connectivity index (χ3v) is 3.63. The molecule has 1 N–H and O–H groups in total. The molecule has 0 saturated carbocycles. The molecule has 0 fully saturated rings. The molecule has 0 unspecified atom stereocenters. The summed E-state index contributed by atoms with van der Waals surface area (Å²) >= 11 is 3.42. The fourth-order valence-corrected chi connectivity index (χ4v) is 2.33. The van der Waals surface area contributed by atoms with E-state index >= 15 is 0 Å². The van der Waals surface area contributed by atoms with Crippen LogP contribution in [0.3, 0.4) is 0 Å². The smallest absolute Gasteiger partial charge is 0.317 e. The third-order valence-electron chi connectivity index (χ3n) is 2.32. The molecule has 0 bridgehead atoms. The maximum absolute atomic E-state index is 11.0. The van der Waals surface area contributed by atoms with Crippen molar-refractivity contribution in [3.05, 3.63) is 46.5 Å². The minimum absolute atomic E-state index is 0.0757. The summed E-state index contributed by atoms with van der Waals surface area (Å²) in [5.74, 6) is 0.457. The summed E-state index contributed by atoms with van der Waals surface area (Å²) in [5, 5.41) is 6.15. The lowest BCUT2D eigenvalue weighted by atomic mass is 10.1. The number of nitrogens with zero attached hydrogens (tertiary/aromatic N) is 1. The number of allylic oxidation sites excluding steroid dienone is 1. The average Bonchev–Trinajstić information content (AvgIpc) is 2.41. The Bertz CT molecular complexity index is 479. The predicted octanol–water partition coefficient (Wildman–Crippen LogP) is 3.53. The first-order valence-electron chi connectivity index (χ1n) is 5.70. The number of hydrogen-bond acceptors (Lipinski definition) is 3. The van der Waals surface area contributed by atoms with Crippen LogP contribution in [-0.4, -0.2) is 23.5 Å². The molecule has 0 saturated heterocycles. The second kappa shape index (κ2) is 9.20. The van der Waals surface area contributed by atoms with E-state index in [1.165, 1.54) is 28.0 Å². The van der Waals surface area contributed by atoms with Crippen LogP contribution in [0.25, 0.3) is 0 Å². The van der Waals surface area contributed by atoms with Gasteiger partial charge in [0.05, 0.1) is 11.6 Å². The van der Waals surface area contributed by atoms with E-state index in [-0.39, 0.29) is 5.81 Å². The number of aliphatic imine (C=N–C) groups is 1. The van der Waals surface area contributed by atoms with Crippen molar-refractivity contribution in [2.75, 3.05) is 5.88 Å². The number of aryl methyl sites for hydroxylation is 1. The number of amides is 1. The lowest BCUT2D eigenvalue weighted by molar-refractivity contribution is 0.261. The Labute approximate surface area is 132 Å². The van der Waals surface area contributed by atoms with E-state index < -0.39 is 0 Å². The van der Waals surface area contributed by atoms with Crippen LogP contribution in [0.15, 0.2) is 40.4 Å². The van der Waals surface area contributed by atoms with Gasteiger partial charge in [0.15, 0.2) is 5.81 Å². The van der Waals surface area contributed by atoms with Gasteiger partial charge in [-0.05, 0) is 24.6 Å². The summed E-state index contributed by atoms with van der Waals surface area (Å²) in [6.45, 7) is 5.65. The van der Waals surface area contributed by atoms with Crippen LogP contribution in [0.2, 0.25) is 0 Å². The molecule has 3 nitrogen and oxygen atoms in total. The largest absolute Gasteiger partial charge is 0.355 e. The normalized spacial score (nSPS) is 10.9. The van der Waals surface area contributed by atoms with Crippen molar-refractivity contribution in [2.45, 2.75) is 13.3 Å². The van der Waals surface area contributed by atoms with Crippen molar-refractivity contribution < 1.29 is 4.79 Å². The van der Waals surface area contributed by atoms with Crippen LogP contribution in [0, 0.1) is 6.92 Å². The highest BCUT2D eigenvalue weighted by Gasteiger charge is 2.00. The summed E-state index contributed by atoms with van der Waals surface area (Å²) in [6, 6.07) is 8.31. The van der Waals surface area contributed by atoms with Crippen molar-refractivity contribution in [1.29, 1.82) is 0 Å². The molecule has 0 spiro atoms. The SMILES string of the molecule is C=N/C(=C\SCNC(=O)[B]I)Cc1cccc(C)c1. The molecule has 99 valence electrons. The maximum atomic E-state index is 11.0. The van der Waals surface area contributed by atoms with Gasteiger partial charge in [0.2, 0.25) is 0 Å². The number of hydrogen-bond donors (Lipinski definition) is 1. The Balaban J connectivity index is 2.49. The number of rotatable bonds is 7. The number of halogens is 1. The molecule has 1 amide bonds. The predicted molar refractivity (Wildman–Crippen MR) is 93.3 cm³/mol. The van der Waals surface area contributed by atoms with E-state index in [0.29, 0.717) is 5.88 Å². The van der Waals surface area contributed by atoms with E-state index in [9.17, 15) is 4.79 Å². The molecule has 1 radical (unpaired) electrons. The monoisotopic (exact) mass is 385 g/mol. The number of benzene rings is 1. The second-order valence-corrected chi connectivity index (χ2v) is 5.37. The van der Waals surface area contributed by atoms with Crippen LogP contribution >= 0.6 is 34.1 Å². The van der Waals surface area contributed by atoms with Gasteiger partial charge in [-0.3, -0.25) is 9.79 Å². The van der Waals surface area contributed by atoms with Crippen LogP contribution in [0.5, 0.6) is 0 Å². The number of thioether (sulfide) groups is 1. The van der Waals surface area contributed by atoms with Crippen LogP contribution in [-0.2, 0) is 6.42 Å². The van der Waals surface area contributed by atoms with Gasteiger partial charge in [-0.25, -0.2) is 0 Å². The maximum Gasteiger partial charge on any atom is 0.317 e. The molecular weight excluding hydrogens is 370 g/mol. The number of carbonyl (C=O) groups is 1. The van der Waals surface area contributed by atoms with E-state index in [0.717, 1.165) is 12.1 Å². The van der Waals surface area contributed by atoms with Crippen LogP contribution in [0.4, 0.5) is 4.79 Å². The topological polar surface area (TPSA) is 41.5 Å². The molecule has 1 aromatic carbocycles. The molecule has 0 aliphatic rings. The molecule has 0 aliphatic heterocycles. The first kappa shape index (κ1) is 16.3. The average molecular weight is 385 g/mol. The van der Waals surface area contributed by atoms with Gasteiger partial charge in [0, 0.05) is 6.42 Å². The Morgan fingerprint density at radius 1 is 1.63 bits per heavy atom. The second-order valence-electron chi connectivity index (χ2n) is 3.89. The molecule has 0 heterocycles. The minimum atomic E-state index is -0.0757. The van der Waals surface area contributed by atoms with Gasteiger partial charge in [-0.15, -0.1) is 34.1 Å². The first-order valence-corrected chi connectivity index (χ1v) is 7.99. The molecule has 19 heavy (non-hydrogen) atoms. The quantitative estimate of drug-likeness (QED) is 0.257. The minimum Gasteiger partial charge on any atom is -0.355 e. The summed E-state index contributed by atoms with van der Waals surface area (Å²) < 4.78 is 0. The van der Waals surface area contributed by atoms with Gasteiger partial charge in [-0.2, -0.15) is 0 Å². The Morgan fingerprint density at radius 2 is 2.42 bits per heavy atom. The van der Waals surface area contributed by atoms with Gasteiger partial charge >= 0.3 is 5.14 Å². The van der Waals surface area contributed by atoms with Crippen molar-refractivity contribution in [1.82, 2.24) is 5.32 Å². The molecule has 1 rings (SSSR count). The highest BCUT2D eigenvalue weighted by Crippen LogP contribution is 2.14. The van der Waals surface area contributed by atoms with E-state index in [1.807, 2.05) is 33.8 Å². The standard InChI is InChI=1S/C13H15BIN2OS/c1-10-4-3-5-11(6-10)7-12(16-2)8-19-9-17-13(18)14-15/h3-6,8H,2,7,9H2,1H3,(H,17,18)/b12-8-. The van der Waals surface area contributed by atoms with Crippen LogP contribution in [0.1, 0.15) is 11.1 Å². The number of carbonyl (C=O) groups excluding carboxylic acids is 1. The fraction of sp³-hybridized carbons (Fsp3) is 0.231. The Morgan fingerprint density at radius 3 is 3.05 bits per heavy atom. The van der Waals surface area contributed by atoms with Crippen LogP contribution < -0.4 is 5.32 Å². The lowest BCUT2D eigenvalue weighted by Crippen LogP contribution is -2.23. The van der Waals surface area contributed by atoms with Gasteiger partial charge in [0.25, 0.3) is 0 Å². The molecule has 0 aliphatic carbocycles. The molecule has 0 atom stereocenters. The van der Waals surface area contributed by atoms with Crippen molar-refractivity contribution in [3.63, 3.8) is 0 Å². The molecule has 0 aromatic heterocycles. The third kappa shape index (κ3) is 6.82. The van der Waals surface area contributed by atoms with Crippen molar-refractivity contribution in [2.24, 2.45) is 4.99 Å². The summed E-state index contributed by atoms with van der Waals surface area (Å²) in [7, 11) is 0. The van der Waals surface area contributed by atoms with Crippen molar-refractivity contribution in [3.8, 4) is 0 Å². The molecule has 6 heteroatoms. The highest BCUT2D eigenvalue weighted by molar-refractivity contribution is 14.1. The Kier molecular flexibility index (Phi) is 7.89. The van der Waals surface area contributed by atoms with Gasteiger partial charge in [-0.1, -0.05) is 29.8 Å². The van der Waals surface area contributed by atoms with E-state index in [1.54, 1.807) is 0 Å². The summed E-state index contributed by atoms with van der Waals surface area (Å²) in [5.41, 5.74) is 3.35. The van der Waals surface area contributed by atoms with E-state index in [2.05, 4.69) is 42.1 Å². The lowest BCUT2D eigenvalue weighted by Gasteiger charge is -2.04. The molecule has 1 aromatic rings. The zero-order chi connectivity index (χ0) is 14.1. The molecular formula is C13H15BIN2OS. The van der Waals surface area contributed by atoms with E-state index in [4.69, 9.17) is 0 Å². The summed E-state index contributed by atoms with van der Waals surface area (Å²) in [6.07, 6.45) is 0.754. The first-order chi connectivity index (χ1) is 9.15. The zero-order valence-electron chi connectivity index (χ0n) is 10.7. The van der Waals surface area contributed by atoms with Gasteiger partial charge < -0.3 is 5.32 Å². The number of nitrogens with one attached hydrogen (secondary N) is 1. The van der Waals surface area contributed by atoms with Gasteiger partial charge in [0.1, 0.15) is 0 Å². The fourth-order valence-electron chi connectivity index (χ4n) is 1.46.